The van der Waals surface area contributed by atoms with Gasteiger partial charge in [-0.1, -0.05) is 0 Å². The van der Waals surface area contributed by atoms with Gasteiger partial charge in [0.25, 0.3) is 5.62 Å². The van der Waals surface area contributed by atoms with Crippen LogP contribution in [0.5, 0.6) is 0 Å². The van der Waals surface area contributed by atoms with E-state index in [4.69, 9.17) is 27.3 Å². The molecule has 1 saturated heterocycles. The van der Waals surface area contributed by atoms with Crippen LogP contribution >= 0.6 is 11.6 Å². The lowest BCUT2D eigenvalue weighted by Crippen LogP contribution is -2.49. The van der Waals surface area contributed by atoms with E-state index >= 15 is 0 Å². The summed E-state index contributed by atoms with van der Waals surface area (Å²) < 4.78 is 6.93. The van der Waals surface area contributed by atoms with Gasteiger partial charge in [0.15, 0.2) is 6.23 Å². The molecular formula is C12H16ClN5O4. The normalized spacial score (nSPS) is 35.5. The lowest BCUT2D eigenvalue weighted by molar-refractivity contribution is -0.115. The van der Waals surface area contributed by atoms with Crippen molar-refractivity contribution in [2.24, 2.45) is 10.6 Å². The summed E-state index contributed by atoms with van der Waals surface area (Å²) in [6, 6.07) is 3.40. The Balaban J connectivity index is 2.63. The number of hydrogen-bond donors (Lipinski definition) is 4. The van der Waals surface area contributed by atoms with Crippen molar-refractivity contribution in [1.29, 1.82) is 5.26 Å². The number of ether oxygens (including phenoxy) is 1. The standard InChI is InChI=1S/C12H16ClN5O4/c1-11(5-14)8(20)12(4-13,6-19)22-9(11)18-3-2-7(15)16-10(18)17-21/h2-3,8-9,19-21H,4,6H2,1H3,(H2,15,16,17)/t8-,9+,11+,12+/m0/s1. The molecule has 0 aromatic carbocycles. The van der Waals surface area contributed by atoms with Gasteiger partial charge in [0.2, 0.25) is 0 Å². The fourth-order valence-electron chi connectivity index (χ4n) is 2.51. The highest BCUT2D eigenvalue weighted by Gasteiger charge is 2.62. The van der Waals surface area contributed by atoms with Gasteiger partial charge in [0.1, 0.15) is 22.9 Å². The minimum absolute atomic E-state index is 0.104. The van der Waals surface area contributed by atoms with Gasteiger partial charge in [0.05, 0.1) is 18.6 Å². The predicted octanol–water partition coefficient (Wildman–Crippen LogP) is -0.855. The summed E-state index contributed by atoms with van der Waals surface area (Å²) in [5.41, 5.74) is 2.34. The van der Waals surface area contributed by atoms with E-state index in [-0.39, 0.29) is 17.3 Å². The minimum atomic E-state index is -1.52. The molecule has 1 aliphatic heterocycles. The first kappa shape index (κ1) is 16.5. The van der Waals surface area contributed by atoms with Gasteiger partial charge in [-0.05, 0) is 18.1 Å². The van der Waals surface area contributed by atoms with Crippen LogP contribution < -0.4 is 11.4 Å². The van der Waals surface area contributed by atoms with Crippen LogP contribution in [0, 0.1) is 16.7 Å². The van der Waals surface area contributed by atoms with Gasteiger partial charge in [-0.15, -0.1) is 11.6 Å². The third-order valence-corrected chi connectivity index (χ3v) is 4.32. The zero-order chi connectivity index (χ0) is 16.5. The molecule has 22 heavy (non-hydrogen) atoms. The second-order valence-electron chi connectivity index (χ2n) is 5.28. The molecule has 0 aliphatic carbocycles. The Kier molecular flexibility index (Phi) is 4.30. The summed E-state index contributed by atoms with van der Waals surface area (Å²) in [5, 5.41) is 41.6. The molecular weight excluding hydrogens is 314 g/mol. The maximum absolute atomic E-state index is 10.5. The Morgan fingerprint density at radius 2 is 2.36 bits per heavy atom. The Morgan fingerprint density at radius 3 is 2.86 bits per heavy atom. The second kappa shape index (κ2) is 5.73. The third kappa shape index (κ3) is 2.21. The van der Waals surface area contributed by atoms with Crippen molar-refractivity contribution in [1.82, 2.24) is 9.55 Å². The monoisotopic (exact) mass is 329 g/mol. The molecule has 1 fully saturated rings. The molecule has 0 unspecified atom stereocenters. The van der Waals surface area contributed by atoms with Gasteiger partial charge < -0.3 is 25.9 Å². The molecule has 2 rings (SSSR count). The quantitative estimate of drug-likeness (QED) is 0.320. The van der Waals surface area contributed by atoms with E-state index in [2.05, 4.69) is 10.1 Å². The number of rotatable bonds is 3. The van der Waals surface area contributed by atoms with Crippen molar-refractivity contribution in [3.05, 3.63) is 17.9 Å². The maximum Gasteiger partial charge on any atom is 0.270 e. The molecule has 10 heteroatoms. The smallest absolute Gasteiger partial charge is 0.270 e. The Labute approximate surface area is 130 Å². The number of aromatic nitrogens is 2. The van der Waals surface area contributed by atoms with Crippen molar-refractivity contribution >= 4 is 17.4 Å². The molecule has 2 heterocycles. The number of nitriles is 1. The predicted molar refractivity (Wildman–Crippen MR) is 74.4 cm³/mol. The highest BCUT2D eigenvalue weighted by molar-refractivity contribution is 6.18. The van der Waals surface area contributed by atoms with E-state index < -0.39 is 30.0 Å². The third-order valence-electron chi connectivity index (χ3n) is 3.87. The van der Waals surface area contributed by atoms with E-state index in [1.807, 2.05) is 6.07 Å². The minimum Gasteiger partial charge on any atom is -0.408 e. The fraction of sp³-hybridized carbons (Fsp3) is 0.583. The summed E-state index contributed by atoms with van der Waals surface area (Å²) in [6.45, 7) is 0.872. The molecule has 0 spiro atoms. The van der Waals surface area contributed by atoms with Gasteiger partial charge in [-0.2, -0.15) is 10.2 Å². The van der Waals surface area contributed by atoms with Crippen molar-refractivity contribution in [3.63, 3.8) is 0 Å². The highest BCUT2D eigenvalue weighted by atomic mass is 35.5. The van der Waals surface area contributed by atoms with Crippen molar-refractivity contribution in [2.45, 2.75) is 24.9 Å². The number of aliphatic hydroxyl groups excluding tert-OH is 2. The Hall–Kier alpha value is -1.86. The van der Waals surface area contributed by atoms with E-state index in [1.54, 1.807) is 0 Å². The first-order valence-corrected chi connectivity index (χ1v) is 6.88. The van der Waals surface area contributed by atoms with E-state index in [0.29, 0.717) is 0 Å². The molecule has 0 radical (unpaired) electrons. The molecule has 4 atom stereocenters. The number of aliphatic hydroxyl groups is 2. The summed E-state index contributed by atoms with van der Waals surface area (Å²) in [6.07, 6.45) is -1.04. The van der Waals surface area contributed by atoms with Crippen molar-refractivity contribution in [3.8, 4) is 6.07 Å². The molecule has 0 amide bonds. The largest absolute Gasteiger partial charge is 0.408 e. The number of alkyl halides is 1. The number of nitrogen functional groups attached to an aromatic ring is 1. The summed E-state index contributed by atoms with van der Waals surface area (Å²) in [7, 11) is 0. The van der Waals surface area contributed by atoms with Crippen LogP contribution in [0.2, 0.25) is 0 Å². The number of halogens is 1. The average molecular weight is 330 g/mol. The second-order valence-corrected chi connectivity index (χ2v) is 5.55. The van der Waals surface area contributed by atoms with Gasteiger partial charge in [0, 0.05) is 6.20 Å². The molecule has 1 aliphatic rings. The van der Waals surface area contributed by atoms with Crippen molar-refractivity contribution < 1.29 is 20.2 Å². The van der Waals surface area contributed by atoms with Crippen LogP contribution in [0.1, 0.15) is 13.2 Å². The van der Waals surface area contributed by atoms with Gasteiger partial charge >= 0.3 is 0 Å². The Bertz CT molecular complexity index is 668. The van der Waals surface area contributed by atoms with Crippen LogP contribution in [0.25, 0.3) is 0 Å². The molecule has 1 aromatic heterocycles. The number of hydrogen-bond acceptors (Lipinski definition) is 8. The number of nitrogens with two attached hydrogens (primary N) is 1. The summed E-state index contributed by atoms with van der Waals surface area (Å²) in [5.74, 6) is -0.125. The molecule has 5 N–H and O–H groups in total. The van der Waals surface area contributed by atoms with Gasteiger partial charge in [-0.3, -0.25) is 4.57 Å². The van der Waals surface area contributed by atoms with Crippen LogP contribution in [0.3, 0.4) is 0 Å². The van der Waals surface area contributed by atoms with Gasteiger partial charge in [-0.25, -0.2) is 0 Å². The number of anilines is 1. The number of nitrogens with zero attached hydrogens (tertiary/aromatic N) is 4. The molecule has 0 bridgehead atoms. The van der Waals surface area contributed by atoms with Crippen molar-refractivity contribution in [2.75, 3.05) is 18.2 Å². The Morgan fingerprint density at radius 1 is 1.68 bits per heavy atom. The first-order chi connectivity index (χ1) is 10.4. The SMILES string of the molecule is C[C@@]1(C#N)[C@H](O)[C@](CO)(CCl)O[C@H]1n1ccc(N)n/c1=N\O. The molecule has 120 valence electrons. The average Bonchev–Trinajstić information content (AvgIpc) is 2.77. The fourth-order valence-corrected chi connectivity index (χ4v) is 2.81. The van der Waals surface area contributed by atoms with E-state index in [1.165, 1.54) is 23.8 Å². The molecule has 9 nitrogen and oxygen atoms in total. The summed E-state index contributed by atoms with van der Waals surface area (Å²) >= 11 is 5.82. The topological polar surface area (TPSA) is 150 Å². The lowest BCUT2D eigenvalue weighted by atomic mass is 9.79. The highest BCUT2D eigenvalue weighted by Crippen LogP contribution is 2.49. The van der Waals surface area contributed by atoms with Crippen LogP contribution in [0.15, 0.2) is 17.4 Å². The van der Waals surface area contributed by atoms with E-state index in [0.717, 1.165) is 0 Å². The maximum atomic E-state index is 10.5. The van der Waals surface area contributed by atoms with E-state index in [9.17, 15) is 15.5 Å². The van der Waals surface area contributed by atoms with Crippen LogP contribution in [-0.2, 0) is 4.74 Å². The summed E-state index contributed by atoms with van der Waals surface area (Å²) in [4.78, 5) is 3.82. The molecule has 1 aromatic rings. The lowest BCUT2D eigenvalue weighted by Gasteiger charge is -2.29. The zero-order valence-corrected chi connectivity index (χ0v) is 12.5. The zero-order valence-electron chi connectivity index (χ0n) is 11.7. The van der Waals surface area contributed by atoms with Crippen LogP contribution in [0.4, 0.5) is 5.82 Å². The first-order valence-electron chi connectivity index (χ1n) is 6.35. The molecule has 0 saturated carbocycles. The van der Waals surface area contributed by atoms with Crippen LogP contribution in [-0.4, -0.2) is 49.2 Å².